The van der Waals surface area contributed by atoms with Crippen molar-refractivity contribution in [3.63, 3.8) is 0 Å². The molecule has 4 aromatic rings. The maximum atomic E-state index is 11.0. The van der Waals surface area contributed by atoms with Gasteiger partial charge in [0.1, 0.15) is 5.58 Å². The van der Waals surface area contributed by atoms with Gasteiger partial charge in [-0.2, -0.15) is 0 Å². The number of phenols is 4. The third kappa shape index (κ3) is 3.48. The molecule has 8 nitrogen and oxygen atoms in total. The van der Waals surface area contributed by atoms with E-state index >= 15 is 0 Å². The molecule has 2 aromatic carbocycles. The topological polar surface area (TPSA) is 141 Å². The Labute approximate surface area is 157 Å². The molecule has 0 unspecified atom stereocenters. The lowest BCUT2D eigenvalue weighted by Crippen LogP contribution is -1.97. The highest BCUT2D eigenvalue weighted by atomic mass is 16.4. The molecule has 0 atom stereocenters. The fourth-order valence-corrected chi connectivity index (χ4v) is 2.70. The Morgan fingerprint density at radius 2 is 1.25 bits per heavy atom. The van der Waals surface area contributed by atoms with Gasteiger partial charge in [0.15, 0.2) is 22.8 Å². The van der Waals surface area contributed by atoms with Crippen LogP contribution in [0, 0.1) is 13.8 Å². The largest absolute Gasteiger partial charge is 0.504 e. The van der Waals surface area contributed by atoms with Gasteiger partial charge in [0.25, 0.3) is 0 Å². The van der Waals surface area contributed by atoms with Crippen LogP contribution in [-0.2, 0) is 0 Å². The van der Waals surface area contributed by atoms with E-state index in [0.29, 0.717) is 21.9 Å². The fourth-order valence-electron chi connectivity index (χ4n) is 2.70. The Bertz CT molecular complexity index is 1300. The summed E-state index contributed by atoms with van der Waals surface area (Å²) in [6.45, 7) is 3.46. The van der Waals surface area contributed by atoms with Crippen molar-refractivity contribution in [3.05, 3.63) is 68.4 Å². The molecule has 144 valence electrons. The summed E-state index contributed by atoms with van der Waals surface area (Å²) >= 11 is 0. The summed E-state index contributed by atoms with van der Waals surface area (Å²) < 4.78 is 9.64. The highest BCUT2D eigenvalue weighted by Gasteiger charge is 2.10. The molecule has 8 heteroatoms. The van der Waals surface area contributed by atoms with E-state index in [4.69, 9.17) is 8.83 Å². The van der Waals surface area contributed by atoms with Gasteiger partial charge in [-0.15, -0.1) is 0 Å². The summed E-state index contributed by atoms with van der Waals surface area (Å²) in [5.41, 5.74) is 0.675. The highest BCUT2D eigenvalue weighted by molar-refractivity contribution is 5.87. The van der Waals surface area contributed by atoms with Crippen molar-refractivity contribution in [2.24, 2.45) is 0 Å². The molecule has 4 rings (SSSR count). The van der Waals surface area contributed by atoms with Crippen molar-refractivity contribution in [2.75, 3.05) is 0 Å². The fraction of sp³-hybridized carbons (Fsp3) is 0.100. The van der Waals surface area contributed by atoms with Crippen LogP contribution in [0.4, 0.5) is 0 Å². The van der Waals surface area contributed by atoms with Crippen LogP contribution in [-0.4, -0.2) is 20.4 Å². The molecule has 0 aliphatic carbocycles. The van der Waals surface area contributed by atoms with E-state index in [1.54, 1.807) is 19.9 Å². The average molecular weight is 384 g/mol. The van der Waals surface area contributed by atoms with E-state index in [0.717, 1.165) is 0 Å². The van der Waals surface area contributed by atoms with Crippen LogP contribution in [0.15, 0.2) is 54.8 Å². The lowest BCUT2D eigenvalue weighted by Gasteiger charge is -2.03. The molecule has 0 bridgehead atoms. The molecule has 0 saturated carbocycles. The van der Waals surface area contributed by atoms with E-state index < -0.39 is 17.0 Å². The van der Waals surface area contributed by atoms with Crippen molar-refractivity contribution < 1.29 is 29.3 Å². The van der Waals surface area contributed by atoms with Crippen molar-refractivity contribution in [1.29, 1.82) is 0 Å². The van der Waals surface area contributed by atoms with E-state index in [2.05, 4.69) is 0 Å². The number of fused-ring (bicyclic) bond motifs is 2. The van der Waals surface area contributed by atoms with Crippen LogP contribution in [0.25, 0.3) is 21.9 Å². The van der Waals surface area contributed by atoms with Gasteiger partial charge in [0.05, 0.1) is 0 Å². The molecule has 0 aliphatic heterocycles. The second kappa shape index (κ2) is 6.99. The number of benzene rings is 2. The van der Waals surface area contributed by atoms with Crippen LogP contribution < -0.4 is 11.3 Å². The van der Waals surface area contributed by atoms with Gasteiger partial charge in [-0.05, 0) is 43.2 Å². The lowest BCUT2D eigenvalue weighted by molar-refractivity contribution is 0.397. The maximum Gasteiger partial charge on any atom is 0.336 e. The molecule has 2 heterocycles. The number of hydrogen-bond donors (Lipinski definition) is 4. The highest BCUT2D eigenvalue weighted by Crippen LogP contribution is 2.33. The van der Waals surface area contributed by atoms with Crippen LogP contribution in [0.1, 0.15) is 11.1 Å². The lowest BCUT2D eigenvalue weighted by atomic mass is 10.1. The Morgan fingerprint density at radius 3 is 1.93 bits per heavy atom. The molecule has 0 aliphatic rings. The third-order valence-electron chi connectivity index (χ3n) is 4.12. The molecule has 2 aromatic heterocycles. The second-order valence-electron chi connectivity index (χ2n) is 6.14. The summed E-state index contributed by atoms with van der Waals surface area (Å²) in [7, 11) is 0. The standard InChI is InChI=1S/2C10H8O4/c1-5-2-10(13)14-9-4-8(12)7(11)3-6(5)9;1-5-4-8(12)14-10-6(5)2-3-7(11)9(10)13/h2-4,11-12H,1H3;2-4,11,13H,1H3. The predicted molar refractivity (Wildman–Crippen MR) is 101 cm³/mol. The van der Waals surface area contributed by atoms with Gasteiger partial charge in [0.2, 0.25) is 5.75 Å². The minimum Gasteiger partial charge on any atom is -0.504 e. The average Bonchev–Trinajstić information content (AvgIpc) is 2.61. The smallest absolute Gasteiger partial charge is 0.336 e. The minimum absolute atomic E-state index is 0.0231. The Hall–Kier alpha value is -3.94. The second-order valence-corrected chi connectivity index (χ2v) is 6.14. The van der Waals surface area contributed by atoms with Crippen molar-refractivity contribution in [2.45, 2.75) is 13.8 Å². The van der Waals surface area contributed by atoms with Crippen molar-refractivity contribution in [1.82, 2.24) is 0 Å². The van der Waals surface area contributed by atoms with E-state index in [9.17, 15) is 30.0 Å². The predicted octanol–water partition coefficient (Wildman–Crippen LogP) is 3.03. The summed E-state index contributed by atoms with van der Waals surface area (Å²) in [5.74, 6) is -1.23. The van der Waals surface area contributed by atoms with Gasteiger partial charge in [-0.25, -0.2) is 9.59 Å². The summed E-state index contributed by atoms with van der Waals surface area (Å²) in [4.78, 5) is 22.0. The Kier molecular flexibility index (Phi) is 4.70. The zero-order valence-electron chi connectivity index (χ0n) is 14.9. The summed E-state index contributed by atoms with van der Waals surface area (Å²) in [6, 6.07) is 8.19. The SMILES string of the molecule is Cc1cc(=O)oc2c(O)c(O)ccc12.Cc1cc(=O)oc2cc(O)c(O)cc12. The summed E-state index contributed by atoms with van der Waals surface area (Å²) in [6.07, 6.45) is 0. The van der Waals surface area contributed by atoms with Crippen LogP contribution in [0.2, 0.25) is 0 Å². The van der Waals surface area contributed by atoms with Gasteiger partial charge in [-0.3, -0.25) is 0 Å². The Balaban J connectivity index is 0.000000161. The Morgan fingerprint density at radius 1 is 0.679 bits per heavy atom. The summed E-state index contributed by atoms with van der Waals surface area (Å²) in [5, 5.41) is 38.3. The van der Waals surface area contributed by atoms with Crippen molar-refractivity contribution >= 4 is 21.9 Å². The molecular formula is C20H16O8. The molecule has 0 radical (unpaired) electrons. The number of hydrogen-bond acceptors (Lipinski definition) is 8. The van der Waals surface area contributed by atoms with Crippen LogP contribution in [0.3, 0.4) is 0 Å². The molecule has 4 N–H and O–H groups in total. The molecule has 0 saturated heterocycles. The first-order chi connectivity index (χ1) is 13.2. The number of aromatic hydroxyl groups is 4. The quantitative estimate of drug-likeness (QED) is 0.268. The maximum absolute atomic E-state index is 11.0. The van der Waals surface area contributed by atoms with Gasteiger partial charge in [-0.1, -0.05) is 0 Å². The van der Waals surface area contributed by atoms with E-state index in [-0.39, 0.29) is 28.4 Å². The normalized spacial score (nSPS) is 10.6. The van der Waals surface area contributed by atoms with E-state index in [1.807, 2.05) is 0 Å². The first-order valence-electron chi connectivity index (χ1n) is 8.09. The van der Waals surface area contributed by atoms with Gasteiger partial charge < -0.3 is 29.3 Å². The van der Waals surface area contributed by atoms with Crippen LogP contribution >= 0.6 is 0 Å². The molecule has 0 spiro atoms. The first-order valence-corrected chi connectivity index (χ1v) is 8.09. The number of aryl methyl sites for hydroxylation is 2. The van der Waals surface area contributed by atoms with Gasteiger partial charge in [0, 0.05) is 29.0 Å². The molecule has 28 heavy (non-hydrogen) atoms. The number of phenolic OH excluding ortho intramolecular Hbond substituents is 4. The van der Waals surface area contributed by atoms with E-state index in [1.165, 1.54) is 30.3 Å². The zero-order chi connectivity index (χ0) is 20.6. The monoisotopic (exact) mass is 384 g/mol. The molecule has 0 amide bonds. The number of rotatable bonds is 0. The molecular weight excluding hydrogens is 368 g/mol. The van der Waals surface area contributed by atoms with Crippen LogP contribution in [0.5, 0.6) is 23.0 Å². The van der Waals surface area contributed by atoms with Crippen molar-refractivity contribution in [3.8, 4) is 23.0 Å². The zero-order valence-corrected chi connectivity index (χ0v) is 14.9. The minimum atomic E-state index is -0.545. The van der Waals surface area contributed by atoms with Gasteiger partial charge >= 0.3 is 11.3 Å². The first kappa shape index (κ1) is 18.8. The molecule has 0 fully saturated rings. The third-order valence-corrected chi connectivity index (χ3v) is 4.12.